The second-order valence-electron chi connectivity index (χ2n) is 6.76. The van der Waals surface area contributed by atoms with Gasteiger partial charge in [-0.3, -0.25) is 10.1 Å². The summed E-state index contributed by atoms with van der Waals surface area (Å²) in [6.07, 6.45) is 5.31. The number of anilines is 1. The number of rotatable bonds is 3. The molecule has 0 amide bonds. The van der Waals surface area contributed by atoms with E-state index in [-0.39, 0.29) is 22.6 Å². The molecule has 1 aliphatic carbocycles. The van der Waals surface area contributed by atoms with E-state index in [2.05, 4.69) is 48.7 Å². The molecule has 2 aromatic carbocycles. The highest BCUT2D eigenvalue weighted by atomic mass is 16.6. The van der Waals surface area contributed by atoms with Crippen LogP contribution in [0.4, 0.5) is 11.4 Å². The van der Waals surface area contributed by atoms with Crippen molar-refractivity contribution in [3.05, 3.63) is 75.4 Å². The molecule has 0 unspecified atom stereocenters. The number of nitrogens with zero attached hydrogens (tertiary/aromatic N) is 1. The van der Waals surface area contributed by atoms with Gasteiger partial charge in [0.15, 0.2) is 0 Å². The van der Waals surface area contributed by atoms with Crippen molar-refractivity contribution in [1.82, 2.24) is 0 Å². The zero-order valence-corrected chi connectivity index (χ0v) is 14.2. The third-order valence-electron chi connectivity index (χ3n) is 5.28. The van der Waals surface area contributed by atoms with Crippen LogP contribution in [0.1, 0.15) is 35.1 Å². The Labute approximate surface area is 146 Å². The number of non-ortho nitro benzene ring substituents is 1. The lowest BCUT2D eigenvalue weighted by molar-refractivity contribution is -0.385. The van der Waals surface area contributed by atoms with E-state index in [4.69, 9.17) is 4.74 Å². The van der Waals surface area contributed by atoms with Crippen LogP contribution in [0.3, 0.4) is 0 Å². The second kappa shape index (κ2) is 5.92. The van der Waals surface area contributed by atoms with Crippen LogP contribution in [0.15, 0.2) is 48.6 Å². The van der Waals surface area contributed by atoms with E-state index in [9.17, 15) is 10.1 Å². The Morgan fingerprint density at radius 1 is 1.24 bits per heavy atom. The fourth-order valence-electron chi connectivity index (χ4n) is 4.02. The van der Waals surface area contributed by atoms with Gasteiger partial charge in [-0.15, -0.1) is 0 Å². The highest BCUT2D eigenvalue weighted by Crippen LogP contribution is 2.53. The maximum absolute atomic E-state index is 11.3. The molecule has 0 bridgehead atoms. The van der Waals surface area contributed by atoms with Crippen LogP contribution < -0.4 is 10.1 Å². The van der Waals surface area contributed by atoms with Gasteiger partial charge >= 0.3 is 0 Å². The molecule has 0 saturated heterocycles. The molecule has 1 heterocycles. The van der Waals surface area contributed by atoms with Gasteiger partial charge in [0, 0.05) is 12.0 Å². The van der Waals surface area contributed by atoms with Gasteiger partial charge in [0.1, 0.15) is 5.75 Å². The molecular formula is C20H20N2O3. The van der Waals surface area contributed by atoms with Crippen LogP contribution >= 0.6 is 0 Å². The molecule has 0 fully saturated rings. The summed E-state index contributed by atoms with van der Waals surface area (Å²) in [5.41, 5.74) is 4.36. The average molecular weight is 336 g/mol. The molecule has 2 aliphatic rings. The van der Waals surface area contributed by atoms with Gasteiger partial charge < -0.3 is 10.1 Å². The smallest absolute Gasteiger partial charge is 0.273 e. The molecule has 25 heavy (non-hydrogen) atoms. The molecule has 5 heteroatoms. The number of nitro benzene ring substituents is 1. The van der Waals surface area contributed by atoms with Crippen molar-refractivity contribution < 1.29 is 9.66 Å². The van der Waals surface area contributed by atoms with Crippen LogP contribution in [0.25, 0.3) is 0 Å². The van der Waals surface area contributed by atoms with E-state index in [1.807, 2.05) is 0 Å². The second-order valence-corrected chi connectivity index (χ2v) is 6.76. The molecule has 5 nitrogen and oxygen atoms in total. The predicted octanol–water partition coefficient (Wildman–Crippen LogP) is 4.74. The predicted molar refractivity (Wildman–Crippen MR) is 97.2 cm³/mol. The lowest BCUT2D eigenvalue weighted by Gasteiger charge is -2.38. The van der Waals surface area contributed by atoms with E-state index < -0.39 is 0 Å². The van der Waals surface area contributed by atoms with Gasteiger partial charge in [-0.05, 0) is 30.4 Å². The molecule has 0 radical (unpaired) electrons. The number of allylic oxidation sites excluding steroid dienone is 2. The molecule has 1 aliphatic heterocycles. The standard InChI is InChI=1S/C20H20N2O3/c1-12-6-8-13(9-7-12)19-16-5-3-4-15(16)17-10-14(22(23)24)11-18(25-2)20(17)21-19/h3-4,6-11,15-16,19,21H,5H2,1-2H3/t15-,16+,19-/m0/s1. The Balaban J connectivity index is 1.84. The Bertz CT molecular complexity index is 858. The van der Waals surface area contributed by atoms with Gasteiger partial charge in [0.05, 0.1) is 29.8 Å². The first-order chi connectivity index (χ1) is 12.1. The van der Waals surface area contributed by atoms with Crippen molar-refractivity contribution >= 4 is 11.4 Å². The number of aryl methyl sites for hydroxylation is 1. The summed E-state index contributed by atoms with van der Waals surface area (Å²) in [4.78, 5) is 10.9. The number of methoxy groups -OCH3 is 1. The summed E-state index contributed by atoms with van der Waals surface area (Å²) in [6, 6.07) is 11.9. The fraction of sp³-hybridized carbons (Fsp3) is 0.300. The third-order valence-corrected chi connectivity index (χ3v) is 5.28. The van der Waals surface area contributed by atoms with Crippen LogP contribution in [-0.2, 0) is 0 Å². The van der Waals surface area contributed by atoms with Gasteiger partial charge in [0.2, 0.25) is 0 Å². The minimum atomic E-state index is -0.359. The molecule has 128 valence electrons. The van der Waals surface area contributed by atoms with E-state index in [0.29, 0.717) is 11.7 Å². The van der Waals surface area contributed by atoms with Gasteiger partial charge in [-0.1, -0.05) is 42.0 Å². The molecule has 0 saturated carbocycles. The molecule has 2 aromatic rings. The number of ether oxygens (including phenoxy) is 1. The van der Waals surface area contributed by atoms with Crippen molar-refractivity contribution in [3.63, 3.8) is 0 Å². The maximum atomic E-state index is 11.3. The average Bonchev–Trinajstić information content (AvgIpc) is 3.10. The molecule has 0 aromatic heterocycles. The third kappa shape index (κ3) is 2.56. The van der Waals surface area contributed by atoms with Gasteiger partial charge in [-0.25, -0.2) is 0 Å². The molecule has 3 atom stereocenters. The van der Waals surface area contributed by atoms with Crippen LogP contribution in [0.5, 0.6) is 5.75 Å². The lowest BCUT2D eigenvalue weighted by atomic mass is 9.76. The van der Waals surface area contributed by atoms with E-state index in [1.165, 1.54) is 17.2 Å². The minimum Gasteiger partial charge on any atom is -0.494 e. The minimum absolute atomic E-state index is 0.0743. The van der Waals surface area contributed by atoms with Crippen LogP contribution in [-0.4, -0.2) is 12.0 Å². The first kappa shape index (κ1) is 15.7. The van der Waals surface area contributed by atoms with E-state index in [1.54, 1.807) is 13.2 Å². The number of nitro groups is 1. The topological polar surface area (TPSA) is 64.4 Å². The Kier molecular flexibility index (Phi) is 3.71. The van der Waals surface area contributed by atoms with Crippen molar-refractivity contribution in [3.8, 4) is 5.75 Å². The largest absolute Gasteiger partial charge is 0.494 e. The van der Waals surface area contributed by atoms with Crippen molar-refractivity contribution in [2.45, 2.75) is 25.3 Å². The summed E-state index contributed by atoms with van der Waals surface area (Å²) in [6.45, 7) is 2.08. The van der Waals surface area contributed by atoms with E-state index >= 15 is 0 Å². The highest BCUT2D eigenvalue weighted by Gasteiger charge is 2.40. The highest BCUT2D eigenvalue weighted by molar-refractivity contribution is 5.71. The summed E-state index contributed by atoms with van der Waals surface area (Å²) in [5, 5.41) is 14.9. The fourth-order valence-corrected chi connectivity index (χ4v) is 4.02. The molecule has 0 spiro atoms. The van der Waals surface area contributed by atoms with Crippen molar-refractivity contribution in [2.75, 3.05) is 12.4 Å². The van der Waals surface area contributed by atoms with Gasteiger partial charge in [0.25, 0.3) is 5.69 Å². The number of fused-ring (bicyclic) bond motifs is 3. The first-order valence-corrected chi connectivity index (χ1v) is 8.44. The Morgan fingerprint density at radius 2 is 2.00 bits per heavy atom. The zero-order valence-electron chi connectivity index (χ0n) is 14.2. The summed E-state index contributed by atoms with van der Waals surface area (Å²) < 4.78 is 5.46. The number of hydrogen-bond acceptors (Lipinski definition) is 4. The zero-order chi connectivity index (χ0) is 17.6. The summed E-state index contributed by atoms with van der Waals surface area (Å²) in [5.74, 6) is 1.04. The maximum Gasteiger partial charge on any atom is 0.273 e. The molecule has 1 N–H and O–H groups in total. The first-order valence-electron chi connectivity index (χ1n) is 8.44. The number of nitrogens with one attached hydrogen (secondary N) is 1. The summed E-state index contributed by atoms with van der Waals surface area (Å²) in [7, 11) is 1.55. The monoisotopic (exact) mass is 336 g/mol. The summed E-state index contributed by atoms with van der Waals surface area (Å²) >= 11 is 0. The van der Waals surface area contributed by atoms with Crippen LogP contribution in [0, 0.1) is 23.0 Å². The molecule has 4 rings (SSSR count). The molecular weight excluding hydrogens is 316 g/mol. The number of benzene rings is 2. The Hall–Kier alpha value is -2.82. The van der Waals surface area contributed by atoms with Gasteiger partial charge in [-0.2, -0.15) is 0 Å². The van der Waals surface area contributed by atoms with Crippen molar-refractivity contribution in [1.29, 1.82) is 0 Å². The van der Waals surface area contributed by atoms with E-state index in [0.717, 1.165) is 17.7 Å². The quantitative estimate of drug-likeness (QED) is 0.499. The normalized spacial score (nSPS) is 23.5. The number of hydrogen-bond donors (Lipinski definition) is 1. The van der Waals surface area contributed by atoms with Crippen molar-refractivity contribution in [2.24, 2.45) is 5.92 Å². The lowest BCUT2D eigenvalue weighted by Crippen LogP contribution is -2.29. The Morgan fingerprint density at radius 3 is 2.68 bits per heavy atom. The SMILES string of the molecule is COc1cc([N+](=O)[O-])cc2c1N[C@@H](c1ccc(C)cc1)[C@@H]1CC=C[C@H]21. The van der Waals surface area contributed by atoms with Crippen LogP contribution in [0.2, 0.25) is 0 Å².